The van der Waals surface area contributed by atoms with Gasteiger partial charge in [-0.15, -0.1) is 0 Å². The van der Waals surface area contributed by atoms with E-state index in [4.69, 9.17) is 103 Å². The summed E-state index contributed by atoms with van der Waals surface area (Å²) < 4.78 is 0. The van der Waals surface area contributed by atoms with E-state index < -0.39 is 0 Å². The van der Waals surface area contributed by atoms with E-state index in [0.29, 0.717) is 74.1 Å². The number of halogens is 8. The van der Waals surface area contributed by atoms with Gasteiger partial charge < -0.3 is 15.0 Å². The van der Waals surface area contributed by atoms with E-state index in [0.717, 1.165) is 66.5 Å². The van der Waals surface area contributed by atoms with Gasteiger partial charge in [-0.1, -0.05) is 117 Å². The summed E-state index contributed by atoms with van der Waals surface area (Å²) in [5.41, 5.74) is 13.1. The van der Waals surface area contributed by atoms with E-state index in [1.807, 2.05) is 97.1 Å². The van der Waals surface area contributed by atoms with Gasteiger partial charge in [0.15, 0.2) is 0 Å². The molecule has 0 amide bonds. The first-order valence-electron chi connectivity index (χ1n) is 18.7. The van der Waals surface area contributed by atoms with Crippen LogP contribution >= 0.6 is 92.8 Å². The smallest absolute Gasteiger partial charge is 0.0737 e. The lowest BCUT2D eigenvalue weighted by Gasteiger charge is -2.09. The van der Waals surface area contributed by atoms with Gasteiger partial charge in [0.05, 0.1) is 53.9 Å². The van der Waals surface area contributed by atoms with Crippen molar-refractivity contribution in [2.75, 3.05) is 0 Å². The highest BCUT2D eigenvalue weighted by atomic mass is 35.5. The van der Waals surface area contributed by atoms with Crippen LogP contribution in [-0.2, 0) is 0 Å². The number of hydrogen-bond donors (Lipinski definition) is 3. The van der Waals surface area contributed by atoms with Crippen LogP contribution in [0, 0.1) is 0 Å². The van der Waals surface area contributed by atoms with Gasteiger partial charge in [-0.2, -0.15) is 0 Å². The number of fused-ring (bicyclic) bond motifs is 11. The second-order valence-corrected chi connectivity index (χ2v) is 17.7. The van der Waals surface area contributed by atoms with Crippen LogP contribution in [0.3, 0.4) is 0 Å². The molecule has 4 aromatic carbocycles. The first-order chi connectivity index (χ1) is 29.5. The van der Waals surface area contributed by atoms with Gasteiger partial charge in [0.2, 0.25) is 0 Å². The normalized spacial score (nSPS) is 12.1. The molecule has 0 radical (unpaired) electrons. The van der Waals surface area contributed by atoms with Gasteiger partial charge >= 0.3 is 0 Å². The van der Waals surface area contributed by atoms with Crippen molar-refractivity contribution < 1.29 is 0 Å². The Morgan fingerprint density at radius 3 is 0.754 bits per heavy atom. The quantitative estimate of drug-likeness (QED) is 0.164. The fraction of sp³-hybridized carbons (Fsp3) is 0. The van der Waals surface area contributed by atoms with E-state index in [-0.39, 0.29) is 0 Å². The van der Waals surface area contributed by atoms with Gasteiger partial charge in [0.1, 0.15) is 0 Å². The van der Waals surface area contributed by atoms with Gasteiger partial charge in [-0.05, 0) is 109 Å². The van der Waals surface area contributed by atoms with E-state index in [1.54, 1.807) is 36.4 Å². The predicted molar refractivity (Wildman–Crippen MR) is 261 cm³/mol. The zero-order chi connectivity index (χ0) is 42.1. The van der Waals surface area contributed by atoms with Crippen molar-refractivity contribution in [2.45, 2.75) is 0 Å². The van der Waals surface area contributed by atoms with Crippen molar-refractivity contribution in [3.05, 3.63) is 172 Å². The Bertz CT molecular complexity index is 3210. The van der Waals surface area contributed by atoms with E-state index in [2.05, 4.69) is 15.0 Å². The molecule has 61 heavy (non-hydrogen) atoms. The number of H-pyrrole nitrogens is 3. The SMILES string of the molecule is Clc1ccc(-c2c3nc(c(-c4ccc(Cl)cc4Cl)c4ccc([nH]4)c4ccc([nH]4)c(-c4ccc(Cl)cc4Cl)c4nc(c(-c5ccc(Cl)cc5Cl)c5ccc2[nH]5)C=C4)C=C3)c(Cl)c1. The standard InChI is InChI=1S/C48H25Cl8N5/c49-23-1-5-27(31(53)19-23)45-37-11-9-35(57-37)36-10-12-38(58-36)46(28-6-2-24(50)20-32(28)54)40-14-16-42(60-40)48(30-8-4-26(52)22-34(30)56)44-18-17-43(61-44)47(41-15-13-39(45)59-41)29-7-3-25(51)21-33(29)55/h1-22,57-58,61H. The molecule has 3 N–H and O–H groups in total. The molecule has 0 unspecified atom stereocenters. The summed E-state index contributed by atoms with van der Waals surface area (Å²) >= 11 is 53.7. The average Bonchev–Trinajstić information content (AvgIpc) is 4.08. The molecule has 5 nitrogen and oxygen atoms in total. The van der Waals surface area contributed by atoms with Crippen LogP contribution < -0.4 is 0 Å². The summed E-state index contributed by atoms with van der Waals surface area (Å²) in [5.74, 6) is 0. The van der Waals surface area contributed by atoms with Crippen molar-refractivity contribution in [2.24, 2.45) is 0 Å². The largest absolute Gasteiger partial charge is 0.354 e. The average molecular weight is 955 g/mol. The Kier molecular flexibility index (Phi) is 10.6. The van der Waals surface area contributed by atoms with Crippen LogP contribution in [-0.4, -0.2) is 24.9 Å². The second-order valence-electron chi connectivity index (χ2n) is 14.3. The Balaban J connectivity index is 1.41. The summed E-state index contributed by atoms with van der Waals surface area (Å²) in [4.78, 5) is 21.6. The molecule has 2 aliphatic heterocycles. The van der Waals surface area contributed by atoms with Crippen LogP contribution in [0.25, 0.3) is 102 Å². The minimum atomic E-state index is 0.446. The number of hydrogen-bond acceptors (Lipinski definition) is 2. The lowest BCUT2D eigenvalue weighted by Crippen LogP contribution is -1.90. The maximum atomic E-state index is 7.01. The second kappa shape index (κ2) is 16.1. The lowest BCUT2D eigenvalue weighted by atomic mass is 10.0. The molecular weight excluding hydrogens is 930 g/mol. The molecule has 0 saturated carbocycles. The number of benzene rings is 4. The molecule has 8 aromatic rings. The minimum absolute atomic E-state index is 0.446. The predicted octanol–water partition coefficient (Wildman–Crippen LogP) is 17.6. The Morgan fingerprint density at radius 2 is 0.508 bits per heavy atom. The topological polar surface area (TPSA) is 73.2 Å². The molecule has 0 fully saturated rings. The summed E-state index contributed by atoms with van der Waals surface area (Å²) in [7, 11) is 0. The van der Waals surface area contributed by atoms with E-state index in [9.17, 15) is 0 Å². The van der Waals surface area contributed by atoms with E-state index in [1.165, 1.54) is 0 Å². The van der Waals surface area contributed by atoms with Gasteiger partial charge in [-0.25, -0.2) is 9.97 Å². The van der Waals surface area contributed by atoms with Gasteiger partial charge in [-0.3, -0.25) is 0 Å². The number of nitrogens with one attached hydrogen (secondary N) is 3. The molecule has 2 aliphatic rings. The highest BCUT2D eigenvalue weighted by Crippen LogP contribution is 2.43. The molecule has 0 atom stereocenters. The first kappa shape index (κ1) is 40.2. The van der Waals surface area contributed by atoms with Crippen molar-refractivity contribution in [3.8, 4) is 44.5 Å². The van der Waals surface area contributed by atoms with Crippen LogP contribution in [0.4, 0.5) is 0 Å². The lowest BCUT2D eigenvalue weighted by molar-refractivity contribution is 1.31. The zero-order valence-electron chi connectivity index (χ0n) is 31.1. The van der Waals surface area contributed by atoms with Crippen molar-refractivity contribution in [3.63, 3.8) is 0 Å². The summed E-state index contributed by atoms with van der Waals surface area (Å²) in [5, 5.41) is 3.85. The summed E-state index contributed by atoms with van der Waals surface area (Å²) in [6.45, 7) is 0. The molecule has 13 heteroatoms. The highest BCUT2D eigenvalue weighted by molar-refractivity contribution is 6.39. The first-order valence-corrected chi connectivity index (χ1v) is 21.7. The van der Waals surface area contributed by atoms with Crippen LogP contribution in [0.5, 0.6) is 0 Å². The third-order valence-corrected chi connectivity index (χ3v) is 12.7. The molecule has 0 aliphatic carbocycles. The molecule has 0 spiro atoms. The molecule has 10 rings (SSSR count). The number of rotatable bonds is 4. The highest BCUT2D eigenvalue weighted by Gasteiger charge is 2.21. The maximum Gasteiger partial charge on any atom is 0.0737 e. The Morgan fingerprint density at radius 1 is 0.279 bits per heavy atom. The van der Waals surface area contributed by atoms with Gasteiger partial charge in [0, 0.05) is 86.7 Å². The van der Waals surface area contributed by atoms with Crippen LogP contribution in [0.15, 0.2) is 109 Å². The van der Waals surface area contributed by atoms with Crippen molar-refractivity contribution in [1.82, 2.24) is 24.9 Å². The number of nitrogens with zero attached hydrogens (tertiary/aromatic N) is 2. The van der Waals surface area contributed by atoms with Gasteiger partial charge in [0.25, 0.3) is 0 Å². The fourth-order valence-corrected chi connectivity index (χ4v) is 9.83. The number of aromatic nitrogens is 5. The Labute approximate surface area is 388 Å². The minimum Gasteiger partial charge on any atom is -0.354 e. The molecular formula is C48H25Cl8N5. The zero-order valence-corrected chi connectivity index (χ0v) is 37.2. The summed E-state index contributed by atoms with van der Waals surface area (Å²) in [6.07, 6.45) is 7.85. The van der Waals surface area contributed by atoms with Crippen molar-refractivity contribution in [1.29, 1.82) is 0 Å². The monoisotopic (exact) mass is 951 g/mol. The van der Waals surface area contributed by atoms with Crippen LogP contribution in [0.2, 0.25) is 40.2 Å². The molecule has 0 saturated heterocycles. The summed E-state index contributed by atoms with van der Waals surface area (Å²) in [6, 6.07) is 33.7. The fourth-order valence-electron chi connectivity index (χ4n) is 7.82. The number of aromatic amines is 3. The molecule has 4 aromatic heterocycles. The van der Waals surface area contributed by atoms with E-state index >= 15 is 0 Å². The Hall–Kier alpha value is -4.92. The third kappa shape index (κ3) is 7.48. The molecule has 10 bridgehead atoms. The van der Waals surface area contributed by atoms with Crippen LogP contribution in [0.1, 0.15) is 22.8 Å². The molecule has 6 heterocycles. The maximum absolute atomic E-state index is 7.01. The molecule has 298 valence electrons. The van der Waals surface area contributed by atoms with Crippen molar-refractivity contribution >= 4 is 150 Å². The third-order valence-electron chi connectivity index (χ3n) is 10.5.